The summed E-state index contributed by atoms with van der Waals surface area (Å²) in [4.78, 5) is 13.4. The predicted molar refractivity (Wildman–Crippen MR) is 75.0 cm³/mol. The largest absolute Gasteiger partial charge is 0.478 e. The smallest absolute Gasteiger partial charge is 0.337 e. The lowest BCUT2D eigenvalue weighted by Gasteiger charge is -2.23. The van der Waals surface area contributed by atoms with Gasteiger partial charge in [-0.25, -0.2) is 4.79 Å². The Hall–Kier alpha value is -2.49. The molecule has 1 aliphatic heterocycles. The van der Waals surface area contributed by atoms with Crippen molar-refractivity contribution in [2.45, 2.75) is 6.42 Å². The molecule has 3 rings (SSSR count). The van der Waals surface area contributed by atoms with Crippen LogP contribution >= 0.6 is 0 Å². The van der Waals surface area contributed by atoms with E-state index in [2.05, 4.69) is 6.07 Å². The van der Waals surface area contributed by atoms with E-state index < -0.39 is 5.97 Å². The Bertz CT molecular complexity index is 652. The fraction of sp³-hybridized carbons (Fsp3) is 0.133. The van der Waals surface area contributed by atoms with Crippen LogP contribution in [0.3, 0.4) is 0 Å². The Morgan fingerprint density at radius 2 is 1.95 bits per heavy atom. The van der Waals surface area contributed by atoms with Gasteiger partial charge in [0, 0.05) is 12.2 Å². The van der Waals surface area contributed by atoms with E-state index in [0.717, 1.165) is 18.7 Å². The summed E-state index contributed by atoms with van der Waals surface area (Å²) in [5.74, 6) is -0.952. The molecule has 0 saturated heterocycles. The molecule has 2 aromatic carbocycles. The van der Waals surface area contributed by atoms with Crippen LogP contribution in [0.5, 0.6) is 0 Å². The standard InChI is InChI=1S/C15H14N2O2/c16-12-6-3-5-11(15(18)19)14(12)17-9-8-10-4-1-2-7-13(10)17/h1-7H,8-9,16H2,(H,18,19). The predicted octanol–water partition coefficient (Wildman–Crippen LogP) is 2.66. The Kier molecular flexibility index (Phi) is 2.63. The van der Waals surface area contributed by atoms with Crippen LogP contribution < -0.4 is 10.6 Å². The zero-order valence-corrected chi connectivity index (χ0v) is 10.3. The van der Waals surface area contributed by atoms with Gasteiger partial charge in [-0.3, -0.25) is 0 Å². The van der Waals surface area contributed by atoms with Gasteiger partial charge >= 0.3 is 5.97 Å². The first kappa shape index (κ1) is 11.6. The van der Waals surface area contributed by atoms with E-state index in [1.54, 1.807) is 18.2 Å². The fourth-order valence-electron chi connectivity index (χ4n) is 2.61. The van der Waals surface area contributed by atoms with E-state index in [1.165, 1.54) is 5.56 Å². The number of nitrogens with zero attached hydrogens (tertiary/aromatic N) is 1. The molecule has 0 unspecified atom stereocenters. The number of carbonyl (C=O) groups is 1. The van der Waals surface area contributed by atoms with Crippen molar-refractivity contribution in [3.8, 4) is 0 Å². The lowest BCUT2D eigenvalue weighted by Crippen LogP contribution is -2.18. The fourth-order valence-corrected chi connectivity index (χ4v) is 2.61. The number of nitrogens with two attached hydrogens (primary N) is 1. The lowest BCUT2D eigenvalue weighted by molar-refractivity contribution is 0.0697. The third-order valence-corrected chi connectivity index (χ3v) is 3.45. The molecule has 0 atom stereocenters. The van der Waals surface area contributed by atoms with Crippen molar-refractivity contribution in [2.24, 2.45) is 0 Å². The SMILES string of the molecule is Nc1cccc(C(=O)O)c1N1CCc2ccccc21. The summed E-state index contributed by atoms with van der Waals surface area (Å²) in [6, 6.07) is 13.0. The minimum atomic E-state index is -0.952. The highest BCUT2D eigenvalue weighted by molar-refractivity contribution is 5.99. The molecule has 0 saturated carbocycles. The second-order valence-electron chi connectivity index (χ2n) is 4.58. The van der Waals surface area contributed by atoms with Gasteiger partial charge in [-0.05, 0) is 30.2 Å². The van der Waals surface area contributed by atoms with Crippen molar-refractivity contribution >= 4 is 23.0 Å². The topological polar surface area (TPSA) is 66.6 Å². The lowest BCUT2D eigenvalue weighted by atomic mass is 10.1. The summed E-state index contributed by atoms with van der Waals surface area (Å²) < 4.78 is 0. The van der Waals surface area contributed by atoms with Gasteiger partial charge in [-0.1, -0.05) is 24.3 Å². The second-order valence-corrected chi connectivity index (χ2v) is 4.58. The molecule has 0 bridgehead atoms. The van der Waals surface area contributed by atoms with Gasteiger partial charge in [0.1, 0.15) is 0 Å². The van der Waals surface area contributed by atoms with Crippen molar-refractivity contribution in [2.75, 3.05) is 17.2 Å². The van der Waals surface area contributed by atoms with E-state index in [4.69, 9.17) is 5.73 Å². The van der Waals surface area contributed by atoms with Gasteiger partial charge in [0.2, 0.25) is 0 Å². The quantitative estimate of drug-likeness (QED) is 0.808. The molecule has 19 heavy (non-hydrogen) atoms. The van der Waals surface area contributed by atoms with Crippen LogP contribution in [0.4, 0.5) is 17.1 Å². The van der Waals surface area contributed by atoms with Gasteiger partial charge in [0.05, 0.1) is 16.9 Å². The summed E-state index contributed by atoms with van der Waals surface area (Å²) in [6.07, 6.45) is 0.906. The average molecular weight is 254 g/mol. The highest BCUT2D eigenvalue weighted by Crippen LogP contribution is 2.39. The van der Waals surface area contributed by atoms with Crippen LogP contribution in [-0.2, 0) is 6.42 Å². The van der Waals surface area contributed by atoms with Gasteiger partial charge < -0.3 is 15.7 Å². The Balaban J connectivity index is 2.17. The monoisotopic (exact) mass is 254 g/mol. The number of rotatable bonds is 2. The number of carboxylic acid groups (broad SMARTS) is 1. The minimum Gasteiger partial charge on any atom is -0.478 e. The number of anilines is 3. The normalized spacial score (nSPS) is 13.4. The first-order chi connectivity index (χ1) is 9.18. The number of para-hydroxylation sites is 2. The van der Waals surface area contributed by atoms with Gasteiger partial charge in [-0.2, -0.15) is 0 Å². The molecule has 3 N–H and O–H groups in total. The van der Waals surface area contributed by atoms with Crippen molar-refractivity contribution < 1.29 is 9.90 Å². The number of fused-ring (bicyclic) bond motifs is 1. The van der Waals surface area contributed by atoms with Crippen LogP contribution in [-0.4, -0.2) is 17.6 Å². The summed E-state index contributed by atoms with van der Waals surface area (Å²) in [5, 5.41) is 9.32. The summed E-state index contributed by atoms with van der Waals surface area (Å²) >= 11 is 0. The maximum absolute atomic E-state index is 11.4. The van der Waals surface area contributed by atoms with Crippen molar-refractivity contribution in [1.29, 1.82) is 0 Å². The van der Waals surface area contributed by atoms with Crippen LogP contribution in [0.15, 0.2) is 42.5 Å². The average Bonchev–Trinajstić information content (AvgIpc) is 2.82. The van der Waals surface area contributed by atoms with Crippen LogP contribution in [0.2, 0.25) is 0 Å². The van der Waals surface area contributed by atoms with Gasteiger partial charge in [0.25, 0.3) is 0 Å². The van der Waals surface area contributed by atoms with Crippen LogP contribution in [0.25, 0.3) is 0 Å². The molecule has 4 nitrogen and oxygen atoms in total. The maximum atomic E-state index is 11.4. The van der Waals surface area contributed by atoms with E-state index >= 15 is 0 Å². The Morgan fingerprint density at radius 3 is 2.74 bits per heavy atom. The van der Waals surface area contributed by atoms with E-state index in [1.807, 2.05) is 23.1 Å². The molecule has 1 heterocycles. The maximum Gasteiger partial charge on any atom is 0.337 e. The summed E-state index contributed by atoms with van der Waals surface area (Å²) in [6.45, 7) is 0.758. The number of hydrogen-bond donors (Lipinski definition) is 2. The number of aromatic carboxylic acids is 1. The zero-order valence-electron chi connectivity index (χ0n) is 10.3. The molecule has 0 fully saturated rings. The number of nitrogen functional groups attached to an aromatic ring is 1. The number of carboxylic acids is 1. The first-order valence-electron chi connectivity index (χ1n) is 6.15. The molecule has 0 aliphatic carbocycles. The molecule has 96 valence electrons. The third kappa shape index (κ3) is 1.81. The highest BCUT2D eigenvalue weighted by atomic mass is 16.4. The molecule has 4 heteroatoms. The zero-order chi connectivity index (χ0) is 13.4. The van der Waals surface area contributed by atoms with Gasteiger partial charge in [-0.15, -0.1) is 0 Å². The molecule has 0 spiro atoms. The van der Waals surface area contributed by atoms with Crippen LogP contribution in [0.1, 0.15) is 15.9 Å². The number of hydrogen-bond acceptors (Lipinski definition) is 3. The minimum absolute atomic E-state index is 0.247. The molecule has 1 aliphatic rings. The Morgan fingerprint density at radius 1 is 1.16 bits per heavy atom. The molecule has 0 aromatic heterocycles. The van der Waals surface area contributed by atoms with E-state index in [-0.39, 0.29) is 5.56 Å². The van der Waals surface area contributed by atoms with Gasteiger partial charge in [0.15, 0.2) is 0 Å². The van der Waals surface area contributed by atoms with Crippen LogP contribution in [0, 0.1) is 0 Å². The molecule has 2 aromatic rings. The first-order valence-corrected chi connectivity index (χ1v) is 6.15. The third-order valence-electron chi connectivity index (χ3n) is 3.45. The summed E-state index contributed by atoms with van der Waals surface area (Å²) in [7, 11) is 0. The van der Waals surface area contributed by atoms with Crippen molar-refractivity contribution in [3.63, 3.8) is 0 Å². The molecule has 0 radical (unpaired) electrons. The Labute approximate surface area is 111 Å². The molecular formula is C15H14N2O2. The van der Waals surface area contributed by atoms with Crippen molar-refractivity contribution in [3.05, 3.63) is 53.6 Å². The number of benzene rings is 2. The molecular weight excluding hydrogens is 240 g/mol. The molecule has 0 amide bonds. The highest BCUT2D eigenvalue weighted by Gasteiger charge is 2.25. The van der Waals surface area contributed by atoms with E-state index in [9.17, 15) is 9.90 Å². The summed E-state index contributed by atoms with van der Waals surface area (Å²) in [5.41, 5.74) is 9.60. The van der Waals surface area contributed by atoms with Crippen molar-refractivity contribution in [1.82, 2.24) is 0 Å². The van der Waals surface area contributed by atoms with E-state index in [0.29, 0.717) is 11.4 Å². The second kappa shape index (κ2) is 4.31.